The van der Waals surface area contributed by atoms with Gasteiger partial charge in [0.1, 0.15) is 5.75 Å². The maximum atomic E-state index is 13.1. The minimum absolute atomic E-state index is 0.152. The quantitative estimate of drug-likeness (QED) is 0.523. The molecule has 3 aromatic carbocycles. The Morgan fingerprint density at radius 3 is 2.35 bits per heavy atom. The second kappa shape index (κ2) is 8.31. The highest BCUT2D eigenvalue weighted by molar-refractivity contribution is 5.97. The Bertz CT molecular complexity index is 1370. The van der Waals surface area contributed by atoms with Crippen LogP contribution < -0.4 is 16.6 Å². The molecular formula is C24H21N3O4. The highest BCUT2D eigenvalue weighted by atomic mass is 16.3. The Morgan fingerprint density at radius 1 is 0.935 bits per heavy atom. The van der Waals surface area contributed by atoms with Crippen molar-refractivity contribution in [2.45, 2.75) is 13.1 Å². The van der Waals surface area contributed by atoms with E-state index in [0.717, 1.165) is 11.1 Å². The summed E-state index contributed by atoms with van der Waals surface area (Å²) in [7, 11) is 1.61. The summed E-state index contributed by atoms with van der Waals surface area (Å²) in [5.41, 5.74) is 1.62. The molecule has 0 spiro atoms. The van der Waals surface area contributed by atoms with Crippen LogP contribution in [-0.4, -0.2) is 20.1 Å². The number of aryl methyl sites for hydroxylation is 1. The van der Waals surface area contributed by atoms with Gasteiger partial charge in [-0.15, -0.1) is 0 Å². The molecule has 4 aromatic rings. The van der Waals surface area contributed by atoms with E-state index in [2.05, 4.69) is 5.32 Å². The number of phenolic OH excluding ortho intramolecular Hbond substituents is 1. The molecule has 0 fully saturated rings. The number of amides is 1. The van der Waals surface area contributed by atoms with Crippen molar-refractivity contribution < 1.29 is 9.90 Å². The van der Waals surface area contributed by atoms with Gasteiger partial charge in [-0.1, -0.05) is 42.5 Å². The van der Waals surface area contributed by atoms with Gasteiger partial charge in [0.15, 0.2) is 0 Å². The molecule has 0 aliphatic carbocycles. The van der Waals surface area contributed by atoms with Gasteiger partial charge >= 0.3 is 5.69 Å². The predicted molar refractivity (Wildman–Crippen MR) is 118 cm³/mol. The minimum Gasteiger partial charge on any atom is -0.508 e. The largest absolute Gasteiger partial charge is 0.508 e. The van der Waals surface area contributed by atoms with Gasteiger partial charge < -0.3 is 10.4 Å². The second-order valence-electron chi connectivity index (χ2n) is 7.30. The Balaban J connectivity index is 1.67. The van der Waals surface area contributed by atoms with Crippen molar-refractivity contribution in [1.29, 1.82) is 0 Å². The zero-order valence-electron chi connectivity index (χ0n) is 16.9. The van der Waals surface area contributed by atoms with Crippen molar-refractivity contribution in [3.8, 4) is 5.75 Å². The average molecular weight is 415 g/mol. The minimum atomic E-state index is -0.435. The third-order valence-corrected chi connectivity index (χ3v) is 5.19. The van der Waals surface area contributed by atoms with Gasteiger partial charge in [-0.05, 0) is 41.5 Å². The zero-order chi connectivity index (χ0) is 22.0. The van der Waals surface area contributed by atoms with E-state index in [4.69, 9.17) is 0 Å². The molecule has 4 rings (SSSR count). The van der Waals surface area contributed by atoms with Crippen molar-refractivity contribution in [2.75, 3.05) is 0 Å². The van der Waals surface area contributed by atoms with Crippen LogP contribution in [0.2, 0.25) is 0 Å². The van der Waals surface area contributed by atoms with E-state index in [1.807, 2.05) is 30.3 Å². The lowest BCUT2D eigenvalue weighted by atomic mass is 10.1. The summed E-state index contributed by atoms with van der Waals surface area (Å²) in [6, 6.07) is 20.5. The van der Waals surface area contributed by atoms with E-state index in [1.54, 1.807) is 43.4 Å². The number of nitrogens with zero attached hydrogens (tertiary/aromatic N) is 2. The van der Waals surface area contributed by atoms with Gasteiger partial charge in [-0.25, -0.2) is 4.79 Å². The predicted octanol–water partition coefficient (Wildman–Crippen LogP) is 2.38. The fourth-order valence-corrected chi connectivity index (χ4v) is 3.46. The summed E-state index contributed by atoms with van der Waals surface area (Å²) in [6.07, 6.45) is 0. The highest BCUT2D eigenvalue weighted by Crippen LogP contribution is 2.13. The average Bonchev–Trinajstić information content (AvgIpc) is 2.80. The van der Waals surface area contributed by atoms with E-state index in [9.17, 15) is 19.5 Å². The lowest BCUT2D eigenvalue weighted by Crippen LogP contribution is -2.39. The molecule has 0 aliphatic rings. The number of hydrogen-bond acceptors (Lipinski definition) is 4. The van der Waals surface area contributed by atoms with Crippen LogP contribution in [0.1, 0.15) is 21.5 Å². The van der Waals surface area contributed by atoms with E-state index in [-0.39, 0.29) is 24.7 Å². The van der Waals surface area contributed by atoms with Crippen molar-refractivity contribution in [1.82, 2.24) is 14.5 Å². The maximum absolute atomic E-state index is 13.1. The molecule has 1 heterocycles. The molecule has 0 bridgehead atoms. The number of carbonyl (C=O) groups is 1. The molecule has 7 nitrogen and oxygen atoms in total. The Hall–Kier alpha value is -4.13. The maximum Gasteiger partial charge on any atom is 0.331 e. The van der Waals surface area contributed by atoms with Gasteiger partial charge in [0.25, 0.3) is 11.5 Å². The summed E-state index contributed by atoms with van der Waals surface area (Å²) in [4.78, 5) is 38.5. The number of phenols is 1. The van der Waals surface area contributed by atoms with E-state index < -0.39 is 11.2 Å². The van der Waals surface area contributed by atoms with Crippen molar-refractivity contribution in [3.63, 3.8) is 0 Å². The first-order valence-corrected chi connectivity index (χ1v) is 9.77. The molecule has 2 N–H and O–H groups in total. The van der Waals surface area contributed by atoms with Crippen LogP contribution in [0.5, 0.6) is 5.75 Å². The first-order valence-electron chi connectivity index (χ1n) is 9.77. The molecule has 0 unspecified atom stereocenters. The van der Waals surface area contributed by atoms with Crippen LogP contribution in [0, 0.1) is 0 Å². The number of benzene rings is 3. The molecule has 0 aliphatic heterocycles. The van der Waals surface area contributed by atoms with E-state index in [0.29, 0.717) is 16.5 Å². The van der Waals surface area contributed by atoms with Crippen LogP contribution in [0.15, 0.2) is 82.4 Å². The monoisotopic (exact) mass is 415 g/mol. The number of rotatable bonds is 5. The summed E-state index contributed by atoms with van der Waals surface area (Å²) in [5.74, 6) is -0.181. The van der Waals surface area contributed by atoms with Gasteiger partial charge in [-0.3, -0.25) is 18.7 Å². The van der Waals surface area contributed by atoms with Crippen LogP contribution in [0.25, 0.3) is 10.9 Å². The van der Waals surface area contributed by atoms with E-state index in [1.165, 1.54) is 15.2 Å². The molecule has 1 aromatic heterocycles. The normalized spacial score (nSPS) is 10.9. The number of aromatic nitrogens is 2. The molecule has 31 heavy (non-hydrogen) atoms. The third-order valence-electron chi connectivity index (χ3n) is 5.19. The first-order chi connectivity index (χ1) is 14.9. The lowest BCUT2D eigenvalue weighted by Gasteiger charge is -2.12. The number of aromatic hydroxyl groups is 1. The molecule has 0 saturated carbocycles. The Kier molecular flexibility index (Phi) is 5.41. The molecule has 1 amide bonds. The molecule has 0 radical (unpaired) electrons. The van der Waals surface area contributed by atoms with Crippen molar-refractivity contribution in [3.05, 3.63) is 110 Å². The topological polar surface area (TPSA) is 93.3 Å². The molecular weight excluding hydrogens is 394 g/mol. The first kappa shape index (κ1) is 20.2. The summed E-state index contributed by atoms with van der Waals surface area (Å²) in [6.45, 7) is 0.433. The van der Waals surface area contributed by atoms with Gasteiger partial charge in [0.2, 0.25) is 0 Å². The van der Waals surface area contributed by atoms with Crippen LogP contribution >= 0.6 is 0 Å². The van der Waals surface area contributed by atoms with Gasteiger partial charge in [0, 0.05) is 19.2 Å². The SMILES string of the molecule is Cn1c(=O)n(Cc2ccccc2)c(=O)c2cc(C(=O)NCc3ccc(O)cc3)ccc21. The summed E-state index contributed by atoms with van der Waals surface area (Å²) < 4.78 is 2.59. The third kappa shape index (κ3) is 4.11. The summed E-state index contributed by atoms with van der Waals surface area (Å²) in [5, 5.41) is 12.5. The number of carbonyl (C=O) groups excluding carboxylic acids is 1. The standard InChI is InChI=1S/C24H21N3O4/c1-26-21-12-9-18(22(29)25-14-16-7-10-19(28)11-8-16)13-20(21)23(30)27(24(26)31)15-17-5-3-2-4-6-17/h2-13,28H,14-15H2,1H3,(H,25,29). The van der Waals surface area contributed by atoms with Gasteiger partial charge in [0.05, 0.1) is 17.4 Å². The Morgan fingerprint density at radius 2 is 1.65 bits per heavy atom. The lowest BCUT2D eigenvalue weighted by molar-refractivity contribution is 0.0951. The van der Waals surface area contributed by atoms with Crippen LogP contribution in [0.4, 0.5) is 0 Å². The number of nitrogens with one attached hydrogen (secondary N) is 1. The summed E-state index contributed by atoms with van der Waals surface area (Å²) >= 11 is 0. The number of hydrogen-bond donors (Lipinski definition) is 2. The van der Waals surface area contributed by atoms with Crippen molar-refractivity contribution >= 4 is 16.8 Å². The van der Waals surface area contributed by atoms with Crippen LogP contribution in [0.3, 0.4) is 0 Å². The number of fused-ring (bicyclic) bond motifs is 1. The zero-order valence-corrected chi connectivity index (χ0v) is 16.9. The van der Waals surface area contributed by atoms with E-state index >= 15 is 0 Å². The molecule has 7 heteroatoms. The van der Waals surface area contributed by atoms with Gasteiger partial charge in [-0.2, -0.15) is 0 Å². The highest BCUT2D eigenvalue weighted by Gasteiger charge is 2.14. The smallest absolute Gasteiger partial charge is 0.331 e. The Labute approximate surface area is 177 Å². The second-order valence-corrected chi connectivity index (χ2v) is 7.30. The fourth-order valence-electron chi connectivity index (χ4n) is 3.46. The van der Waals surface area contributed by atoms with Crippen LogP contribution in [-0.2, 0) is 20.1 Å². The molecule has 0 atom stereocenters. The fraction of sp³-hybridized carbons (Fsp3) is 0.125. The molecule has 156 valence electrons. The van der Waals surface area contributed by atoms with Crippen molar-refractivity contribution in [2.24, 2.45) is 7.05 Å². The molecule has 0 saturated heterocycles.